The van der Waals surface area contributed by atoms with Crippen molar-refractivity contribution in [1.82, 2.24) is 9.97 Å². The number of aromatic nitrogens is 2. The number of rotatable bonds is 0. The monoisotopic (exact) mass is 178 g/mol. The van der Waals surface area contributed by atoms with E-state index in [1.165, 1.54) is 11.9 Å². The van der Waals surface area contributed by atoms with Gasteiger partial charge in [0.25, 0.3) is 0 Å². The summed E-state index contributed by atoms with van der Waals surface area (Å²) in [5.41, 5.74) is 2.08. The summed E-state index contributed by atoms with van der Waals surface area (Å²) in [6.45, 7) is 2.02. The Morgan fingerprint density at radius 1 is 1.25 bits per heavy atom. The van der Waals surface area contributed by atoms with Gasteiger partial charge in [-0.15, -0.1) is 0 Å². The summed E-state index contributed by atoms with van der Waals surface area (Å²) in [7, 11) is 0. The molecule has 0 aliphatic rings. The van der Waals surface area contributed by atoms with Gasteiger partial charge < -0.3 is 0 Å². The molecule has 0 spiro atoms. The number of aryl methyl sites for hydroxylation is 1. The van der Waals surface area contributed by atoms with Crippen LogP contribution >= 0.6 is 11.6 Å². The van der Waals surface area contributed by atoms with Crippen molar-refractivity contribution in [1.29, 1.82) is 0 Å². The van der Waals surface area contributed by atoms with Crippen molar-refractivity contribution in [2.75, 3.05) is 0 Å². The molecule has 3 heteroatoms. The molecular weight excluding hydrogens is 172 g/mol. The third kappa shape index (κ3) is 1.14. The average molecular weight is 179 g/mol. The summed E-state index contributed by atoms with van der Waals surface area (Å²) in [5.74, 6) is 0. The van der Waals surface area contributed by atoms with Crippen molar-refractivity contribution in [2.45, 2.75) is 6.92 Å². The maximum Gasteiger partial charge on any atom is 0.140 e. The summed E-state index contributed by atoms with van der Waals surface area (Å²) in [4.78, 5) is 8.00. The summed E-state index contributed by atoms with van der Waals surface area (Å²) >= 11 is 5.86. The Morgan fingerprint density at radius 2 is 2.08 bits per heavy atom. The van der Waals surface area contributed by atoms with Crippen LogP contribution in [-0.4, -0.2) is 9.97 Å². The molecule has 0 N–H and O–H groups in total. The highest BCUT2D eigenvalue weighted by Crippen LogP contribution is 2.19. The molecule has 2 nitrogen and oxygen atoms in total. The lowest BCUT2D eigenvalue weighted by Gasteiger charge is -1.98. The Kier molecular flexibility index (Phi) is 1.70. The number of halogens is 1. The molecule has 2 aromatic rings. The van der Waals surface area contributed by atoms with Crippen LogP contribution in [0.15, 0.2) is 24.5 Å². The molecular formula is C9H7ClN2. The van der Waals surface area contributed by atoms with E-state index in [0.29, 0.717) is 5.15 Å². The van der Waals surface area contributed by atoms with Crippen molar-refractivity contribution >= 4 is 22.5 Å². The van der Waals surface area contributed by atoms with Gasteiger partial charge in [0.2, 0.25) is 0 Å². The van der Waals surface area contributed by atoms with Crippen LogP contribution in [0.3, 0.4) is 0 Å². The fraction of sp³-hybridized carbons (Fsp3) is 0.111. The van der Waals surface area contributed by atoms with Crippen molar-refractivity contribution in [2.24, 2.45) is 0 Å². The van der Waals surface area contributed by atoms with E-state index in [9.17, 15) is 0 Å². The van der Waals surface area contributed by atoms with Crippen molar-refractivity contribution in [3.8, 4) is 0 Å². The molecule has 12 heavy (non-hydrogen) atoms. The first-order chi connectivity index (χ1) is 5.77. The van der Waals surface area contributed by atoms with Gasteiger partial charge in [0.15, 0.2) is 0 Å². The normalized spacial score (nSPS) is 10.5. The Morgan fingerprint density at radius 3 is 2.92 bits per heavy atom. The second kappa shape index (κ2) is 2.72. The Balaban J connectivity index is 2.86. The van der Waals surface area contributed by atoms with E-state index in [1.54, 1.807) is 0 Å². The molecule has 1 aromatic carbocycles. The maximum atomic E-state index is 5.86. The van der Waals surface area contributed by atoms with Crippen molar-refractivity contribution < 1.29 is 0 Å². The molecule has 2 rings (SSSR count). The Labute approximate surface area is 75.2 Å². The van der Waals surface area contributed by atoms with Crippen molar-refractivity contribution in [3.05, 3.63) is 35.2 Å². The zero-order valence-corrected chi connectivity index (χ0v) is 7.34. The third-order valence-corrected chi connectivity index (χ3v) is 2.04. The van der Waals surface area contributed by atoms with Crippen LogP contribution in [0.1, 0.15) is 5.56 Å². The quantitative estimate of drug-likeness (QED) is 0.580. The molecule has 0 saturated heterocycles. The van der Waals surface area contributed by atoms with E-state index < -0.39 is 0 Å². The van der Waals surface area contributed by atoms with Gasteiger partial charge in [-0.05, 0) is 24.6 Å². The zero-order valence-electron chi connectivity index (χ0n) is 6.58. The molecule has 0 aliphatic heterocycles. The highest BCUT2D eigenvalue weighted by Gasteiger charge is 1.99. The largest absolute Gasteiger partial charge is 0.236 e. The predicted molar refractivity (Wildman–Crippen MR) is 49.3 cm³/mol. The highest BCUT2D eigenvalue weighted by atomic mass is 35.5. The fourth-order valence-electron chi connectivity index (χ4n) is 1.13. The number of hydrogen-bond acceptors (Lipinski definition) is 2. The van der Waals surface area contributed by atoms with Crippen LogP contribution in [-0.2, 0) is 0 Å². The van der Waals surface area contributed by atoms with Gasteiger partial charge in [0.1, 0.15) is 11.5 Å². The average Bonchev–Trinajstić information content (AvgIpc) is 2.04. The van der Waals surface area contributed by atoms with Crippen molar-refractivity contribution in [3.63, 3.8) is 0 Å². The minimum absolute atomic E-state index is 0.514. The SMILES string of the molecule is Cc1ccc2c(Cl)ncnc2c1. The van der Waals surface area contributed by atoms with Gasteiger partial charge in [-0.25, -0.2) is 9.97 Å². The van der Waals surface area contributed by atoms with E-state index in [4.69, 9.17) is 11.6 Å². The molecule has 1 aromatic heterocycles. The van der Waals surface area contributed by atoms with Gasteiger partial charge in [-0.2, -0.15) is 0 Å². The first-order valence-electron chi connectivity index (χ1n) is 3.64. The second-order valence-corrected chi connectivity index (χ2v) is 3.04. The molecule has 0 bridgehead atoms. The molecule has 0 aliphatic carbocycles. The molecule has 0 saturated carbocycles. The standard InChI is InChI=1S/C9H7ClN2/c1-6-2-3-7-8(4-6)11-5-12-9(7)10/h2-5H,1H3. The van der Waals surface area contributed by atoms with Crippen LogP contribution in [0.2, 0.25) is 5.15 Å². The van der Waals surface area contributed by atoms with Gasteiger partial charge >= 0.3 is 0 Å². The van der Waals surface area contributed by atoms with E-state index in [2.05, 4.69) is 9.97 Å². The van der Waals surface area contributed by atoms with Gasteiger partial charge in [0.05, 0.1) is 5.52 Å². The molecule has 0 radical (unpaired) electrons. The molecule has 1 heterocycles. The first-order valence-corrected chi connectivity index (χ1v) is 4.02. The van der Waals surface area contributed by atoms with Crippen LogP contribution in [0.25, 0.3) is 10.9 Å². The minimum Gasteiger partial charge on any atom is -0.236 e. The van der Waals surface area contributed by atoms with Crippen LogP contribution in [0.5, 0.6) is 0 Å². The molecule has 0 unspecified atom stereocenters. The summed E-state index contributed by atoms with van der Waals surface area (Å²) in [6.07, 6.45) is 1.48. The van der Waals surface area contributed by atoms with Gasteiger partial charge in [0, 0.05) is 5.39 Å². The van der Waals surface area contributed by atoms with Crippen LogP contribution in [0.4, 0.5) is 0 Å². The smallest absolute Gasteiger partial charge is 0.140 e. The molecule has 60 valence electrons. The lowest BCUT2D eigenvalue weighted by atomic mass is 10.2. The van der Waals surface area contributed by atoms with Gasteiger partial charge in [-0.1, -0.05) is 17.7 Å². The lowest BCUT2D eigenvalue weighted by molar-refractivity contribution is 1.22. The summed E-state index contributed by atoms with van der Waals surface area (Å²) in [6, 6.07) is 5.92. The summed E-state index contributed by atoms with van der Waals surface area (Å²) < 4.78 is 0. The molecule has 0 atom stereocenters. The Hall–Kier alpha value is -1.15. The maximum absolute atomic E-state index is 5.86. The van der Waals surface area contributed by atoms with E-state index in [-0.39, 0.29) is 0 Å². The predicted octanol–water partition coefficient (Wildman–Crippen LogP) is 2.59. The van der Waals surface area contributed by atoms with Crippen LogP contribution < -0.4 is 0 Å². The number of nitrogens with zero attached hydrogens (tertiary/aromatic N) is 2. The molecule has 0 fully saturated rings. The topological polar surface area (TPSA) is 25.8 Å². The van der Waals surface area contributed by atoms with Gasteiger partial charge in [-0.3, -0.25) is 0 Å². The lowest BCUT2D eigenvalue weighted by Crippen LogP contribution is -1.83. The van der Waals surface area contributed by atoms with E-state index in [1.807, 2.05) is 25.1 Å². The van der Waals surface area contributed by atoms with Crippen LogP contribution in [0, 0.1) is 6.92 Å². The number of fused-ring (bicyclic) bond motifs is 1. The third-order valence-electron chi connectivity index (χ3n) is 1.74. The first kappa shape index (κ1) is 7.50. The molecule has 0 amide bonds. The second-order valence-electron chi connectivity index (χ2n) is 2.69. The number of hydrogen-bond donors (Lipinski definition) is 0. The minimum atomic E-state index is 0.514. The number of benzene rings is 1. The van der Waals surface area contributed by atoms with E-state index >= 15 is 0 Å². The summed E-state index contributed by atoms with van der Waals surface area (Å²) in [5, 5.41) is 1.42. The highest BCUT2D eigenvalue weighted by molar-refractivity contribution is 6.33. The zero-order chi connectivity index (χ0) is 8.55. The fourth-order valence-corrected chi connectivity index (χ4v) is 1.34. The Bertz CT molecular complexity index is 426. The van der Waals surface area contributed by atoms with E-state index in [0.717, 1.165) is 10.9 Å².